The van der Waals surface area contributed by atoms with Gasteiger partial charge in [-0.05, 0) is 37.0 Å². The van der Waals surface area contributed by atoms with Crippen molar-refractivity contribution in [1.82, 2.24) is 5.32 Å². The molecule has 0 bridgehead atoms. The van der Waals surface area contributed by atoms with Gasteiger partial charge in [-0.15, -0.1) is 0 Å². The Balaban J connectivity index is 1.60. The largest absolute Gasteiger partial charge is 0.455 e. The minimum Gasteiger partial charge on any atom is -0.455 e. The lowest BCUT2D eigenvalue weighted by Crippen LogP contribution is -2.41. The zero-order chi connectivity index (χ0) is 18.8. The van der Waals surface area contributed by atoms with Crippen LogP contribution < -0.4 is 5.32 Å². The topological polar surface area (TPSA) is 89.5 Å². The number of carbonyl (C=O) groups excluding carboxylic acids is 2. The highest BCUT2D eigenvalue weighted by Gasteiger charge is 2.44. The number of halogens is 1. The van der Waals surface area contributed by atoms with Crippen molar-refractivity contribution in [2.75, 3.05) is 18.1 Å². The molecule has 1 aliphatic carbocycles. The monoisotopic (exact) mass is 383 g/mol. The standard InChI is InChI=1S/C18H22FNO5S/c19-14-5-3-13(4-6-14)18(8-1-2-9-18)17(22)25-11-16(21)20-15-7-10-26(23,24)12-15/h3-6,15H,1-2,7-12H2,(H,20,21)/t15-/m1/s1. The Labute approximate surface area is 152 Å². The number of sulfone groups is 1. The Kier molecular flexibility index (Phi) is 5.32. The summed E-state index contributed by atoms with van der Waals surface area (Å²) in [5.41, 5.74) is -0.145. The minimum atomic E-state index is -3.09. The molecule has 0 aromatic heterocycles. The van der Waals surface area contributed by atoms with Crippen LogP contribution in [0.15, 0.2) is 24.3 Å². The summed E-state index contributed by atoms with van der Waals surface area (Å²) in [6.45, 7) is -0.446. The average molecular weight is 383 g/mol. The molecule has 8 heteroatoms. The van der Waals surface area contributed by atoms with E-state index in [1.54, 1.807) is 12.1 Å². The highest BCUT2D eigenvalue weighted by atomic mass is 32.2. The maximum absolute atomic E-state index is 13.2. The summed E-state index contributed by atoms with van der Waals surface area (Å²) in [5.74, 6) is -1.39. The van der Waals surface area contributed by atoms with Crippen LogP contribution in [0.5, 0.6) is 0 Å². The molecule has 1 heterocycles. The molecule has 1 N–H and O–H groups in total. The van der Waals surface area contributed by atoms with Crippen LogP contribution in [0.1, 0.15) is 37.7 Å². The molecule has 142 valence electrons. The van der Waals surface area contributed by atoms with Crippen LogP contribution in [0.25, 0.3) is 0 Å². The van der Waals surface area contributed by atoms with Crippen molar-refractivity contribution in [3.8, 4) is 0 Å². The van der Waals surface area contributed by atoms with Crippen molar-refractivity contribution in [3.63, 3.8) is 0 Å². The van der Waals surface area contributed by atoms with Gasteiger partial charge in [0.2, 0.25) is 0 Å². The van der Waals surface area contributed by atoms with Gasteiger partial charge in [0.05, 0.1) is 16.9 Å². The third kappa shape index (κ3) is 4.06. The fourth-order valence-electron chi connectivity index (χ4n) is 3.81. The lowest BCUT2D eigenvalue weighted by molar-refractivity contribution is -0.154. The zero-order valence-corrected chi connectivity index (χ0v) is 15.2. The van der Waals surface area contributed by atoms with E-state index >= 15 is 0 Å². The highest BCUT2D eigenvalue weighted by molar-refractivity contribution is 7.91. The number of rotatable bonds is 5. The van der Waals surface area contributed by atoms with Crippen molar-refractivity contribution >= 4 is 21.7 Å². The van der Waals surface area contributed by atoms with Gasteiger partial charge < -0.3 is 10.1 Å². The number of ether oxygens (including phenoxy) is 1. The molecule has 2 fully saturated rings. The Morgan fingerprint density at radius 3 is 2.42 bits per heavy atom. The van der Waals surface area contributed by atoms with E-state index in [1.807, 2.05) is 0 Å². The summed E-state index contributed by atoms with van der Waals surface area (Å²) >= 11 is 0. The van der Waals surface area contributed by atoms with Crippen LogP contribution in [-0.4, -0.2) is 44.4 Å². The summed E-state index contributed by atoms with van der Waals surface area (Å²) in [6.07, 6.45) is 3.29. The van der Waals surface area contributed by atoms with Crippen LogP contribution in [0.4, 0.5) is 4.39 Å². The van der Waals surface area contributed by atoms with Crippen LogP contribution in [0.2, 0.25) is 0 Å². The molecule has 1 saturated heterocycles. The number of carbonyl (C=O) groups is 2. The predicted molar refractivity (Wildman–Crippen MR) is 92.7 cm³/mol. The third-order valence-electron chi connectivity index (χ3n) is 5.18. The van der Waals surface area contributed by atoms with Crippen molar-refractivity contribution < 1.29 is 27.1 Å². The van der Waals surface area contributed by atoms with Gasteiger partial charge in [0, 0.05) is 6.04 Å². The molecule has 6 nitrogen and oxygen atoms in total. The molecule has 0 radical (unpaired) electrons. The fraction of sp³-hybridized carbons (Fsp3) is 0.556. The zero-order valence-electron chi connectivity index (χ0n) is 14.4. The first kappa shape index (κ1) is 18.8. The summed E-state index contributed by atoms with van der Waals surface area (Å²) in [4.78, 5) is 24.7. The molecule has 26 heavy (non-hydrogen) atoms. The van der Waals surface area contributed by atoms with Crippen LogP contribution >= 0.6 is 0 Å². The summed E-state index contributed by atoms with van der Waals surface area (Å²) in [6, 6.07) is 5.38. The first-order valence-electron chi connectivity index (χ1n) is 8.74. The maximum Gasteiger partial charge on any atom is 0.317 e. The Bertz CT molecular complexity index is 784. The predicted octanol–water partition coefficient (Wildman–Crippen LogP) is 1.48. The van der Waals surface area contributed by atoms with Crippen LogP contribution in [-0.2, 0) is 29.6 Å². The minimum absolute atomic E-state index is 0.0609. The molecule has 1 amide bonds. The van der Waals surface area contributed by atoms with Crippen LogP contribution in [0, 0.1) is 5.82 Å². The van der Waals surface area contributed by atoms with Gasteiger partial charge in [-0.25, -0.2) is 12.8 Å². The maximum atomic E-state index is 13.2. The van der Waals surface area contributed by atoms with E-state index in [1.165, 1.54) is 12.1 Å². The number of nitrogens with one attached hydrogen (secondary N) is 1. The first-order chi connectivity index (χ1) is 12.3. The summed E-state index contributed by atoms with van der Waals surface area (Å²) in [5, 5.41) is 2.60. The van der Waals surface area contributed by atoms with E-state index in [0.717, 1.165) is 12.8 Å². The second-order valence-corrected chi connectivity index (χ2v) is 9.27. The number of esters is 1. The normalized spacial score (nSPS) is 23.5. The quantitative estimate of drug-likeness (QED) is 0.778. The summed E-state index contributed by atoms with van der Waals surface area (Å²) in [7, 11) is -3.09. The molecule has 1 aromatic rings. The molecule has 1 aromatic carbocycles. The van der Waals surface area contributed by atoms with Gasteiger partial charge in [0.15, 0.2) is 16.4 Å². The Morgan fingerprint density at radius 2 is 1.85 bits per heavy atom. The highest BCUT2D eigenvalue weighted by Crippen LogP contribution is 2.42. The average Bonchev–Trinajstić information content (AvgIpc) is 3.21. The van der Waals surface area contributed by atoms with E-state index in [4.69, 9.17) is 4.74 Å². The van der Waals surface area contributed by atoms with Gasteiger partial charge in [0.1, 0.15) is 5.82 Å². The van der Waals surface area contributed by atoms with Crippen molar-refractivity contribution in [3.05, 3.63) is 35.6 Å². The fourth-order valence-corrected chi connectivity index (χ4v) is 5.48. The molecular weight excluding hydrogens is 361 g/mol. The molecule has 1 saturated carbocycles. The van der Waals surface area contributed by atoms with Crippen molar-refractivity contribution in [1.29, 1.82) is 0 Å². The van der Waals surface area contributed by atoms with E-state index in [-0.39, 0.29) is 17.3 Å². The molecule has 1 atom stereocenters. The number of amides is 1. The number of hydrogen-bond acceptors (Lipinski definition) is 5. The van der Waals surface area contributed by atoms with Gasteiger partial charge >= 0.3 is 5.97 Å². The van der Waals surface area contributed by atoms with Gasteiger partial charge in [-0.2, -0.15) is 0 Å². The van der Waals surface area contributed by atoms with Crippen LogP contribution in [0.3, 0.4) is 0 Å². The summed E-state index contributed by atoms with van der Waals surface area (Å²) < 4.78 is 41.3. The van der Waals surface area contributed by atoms with Gasteiger partial charge in [-0.3, -0.25) is 9.59 Å². The smallest absolute Gasteiger partial charge is 0.317 e. The SMILES string of the molecule is O=C(COC(=O)C1(c2ccc(F)cc2)CCCC1)N[C@@H]1CCS(=O)(=O)C1. The Hall–Kier alpha value is -1.96. The van der Waals surface area contributed by atoms with E-state index < -0.39 is 39.8 Å². The number of hydrogen-bond donors (Lipinski definition) is 1. The molecule has 0 spiro atoms. The number of benzene rings is 1. The second-order valence-electron chi connectivity index (χ2n) is 7.04. The molecular formula is C18H22FNO5S. The lowest BCUT2D eigenvalue weighted by Gasteiger charge is -2.27. The lowest BCUT2D eigenvalue weighted by atomic mass is 9.79. The molecule has 1 aliphatic heterocycles. The molecule has 3 rings (SSSR count). The molecule has 2 aliphatic rings. The van der Waals surface area contributed by atoms with Crippen molar-refractivity contribution in [2.24, 2.45) is 0 Å². The van der Waals surface area contributed by atoms with Gasteiger partial charge in [0.25, 0.3) is 5.91 Å². The third-order valence-corrected chi connectivity index (χ3v) is 6.94. The van der Waals surface area contributed by atoms with E-state index in [2.05, 4.69) is 5.32 Å². The molecule has 0 unspecified atom stereocenters. The first-order valence-corrected chi connectivity index (χ1v) is 10.6. The van der Waals surface area contributed by atoms with E-state index in [0.29, 0.717) is 24.8 Å². The second kappa shape index (κ2) is 7.34. The Morgan fingerprint density at radius 1 is 1.19 bits per heavy atom. The van der Waals surface area contributed by atoms with Gasteiger partial charge in [-0.1, -0.05) is 25.0 Å². The van der Waals surface area contributed by atoms with E-state index in [9.17, 15) is 22.4 Å². The van der Waals surface area contributed by atoms with Crippen molar-refractivity contribution in [2.45, 2.75) is 43.6 Å².